The maximum atomic E-state index is 2.38. The molecule has 0 nitrogen and oxygen atoms in total. The van der Waals surface area contributed by atoms with Gasteiger partial charge in [0.1, 0.15) is 0 Å². The van der Waals surface area contributed by atoms with Crippen LogP contribution in [0.2, 0.25) is 0 Å². The summed E-state index contributed by atoms with van der Waals surface area (Å²) >= 11 is 1.94. The van der Waals surface area contributed by atoms with Gasteiger partial charge in [-0.1, -0.05) is 32.9 Å². The molecule has 0 saturated heterocycles. The van der Waals surface area contributed by atoms with E-state index in [1.807, 2.05) is 11.3 Å². The molecule has 1 aliphatic rings. The second-order valence-electron chi connectivity index (χ2n) is 5.50. The first kappa shape index (κ1) is 11.7. The highest BCUT2D eigenvalue weighted by Gasteiger charge is 2.17. The van der Waals surface area contributed by atoms with Gasteiger partial charge in [-0.3, -0.25) is 0 Å². The third-order valence-electron chi connectivity index (χ3n) is 3.00. The maximum Gasteiger partial charge on any atom is 0.0345 e. The molecule has 0 spiro atoms. The van der Waals surface area contributed by atoms with Gasteiger partial charge in [0.15, 0.2) is 0 Å². The van der Waals surface area contributed by atoms with Crippen LogP contribution in [-0.4, -0.2) is 0 Å². The molecule has 0 bridgehead atoms. The average Bonchev–Trinajstić information content (AvgIpc) is 2.66. The highest BCUT2D eigenvalue weighted by Crippen LogP contribution is 2.36. The van der Waals surface area contributed by atoms with Crippen LogP contribution in [0, 0.1) is 0 Å². The molecule has 2 rings (SSSR count). The number of rotatable bonds is 1. The van der Waals surface area contributed by atoms with E-state index in [4.69, 9.17) is 0 Å². The number of hydrogen-bond donors (Lipinski definition) is 0. The van der Waals surface area contributed by atoms with E-state index in [1.54, 1.807) is 0 Å². The lowest BCUT2D eigenvalue weighted by Crippen LogP contribution is -2.07. The van der Waals surface area contributed by atoms with Crippen LogP contribution in [0.25, 0.3) is 5.57 Å². The summed E-state index contributed by atoms with van der Waals surface area (Å²) in [7, 11) is 0. The minimum atomic E-state index is 0.274. The Morgan fingerprint density at radius 1 is 1.06 bits per heavy atom. The van der Waals surface area contributed by atoms with Gasteiger partial charge in [-0.25, -0.2) is 0 Å². The lowest BCUT2D eigenvalue weighted by Gasteiger charge is -2.16. The van der Waals surface area contributed by atoms with Gasteiger partial charge >= 0.3 is 0 Å². The topological polar surface area (TPSA) is 0 Å². The first-order valence-corrected chi connectivity index (χ1v) is 6.78. The van der Waals surface area contributed by atoms with E-state index in [0.29, 0.717) is 0 Å². The van der Waals surface area contributed by atoms with E-state index in [9.17, 15) is 0 Å². The molecule has 0 aliphatic heterocycles. The van der Waals surface area contributed by atoms with Crippen molar-refractivity contribution in [3.05, 3.63) is 39.6 Å². The van der Waals surface area contributed by atoms with Crippen molar-refractivity contribution in [1.82, 2.24) is 0 Å². The summed E-state index contributed by atoms with van der Waals surface area (Å²) < 4.78 is 0. The molecule has 0 amide bonds. The predicted molar refractivity (Wildman–Crippen MR) is 74.0 cm³/mol. The molecule has 86 valence electrons. The van der Waals surface area contributed by atoms with Crippen LogP contribution >= 0.6 is 11.3 Å². The zero-order chi connectivity index (χ0) is 11.8. The van der Waals surface area contributed by atoms with Gasteiger partial charge in [0.25, 0.3) is 0 Å². The molecule has 0 N–H and O–H groups in total. The fraction of sp³-hybridized carbons (Fsp3) is 0.467. The van der Waals surface area contributed by atoms with Crippen LogP contribution < -0.4 is 0 Å². The Labute approximate surface area is 103 Å². The summed E-state index contributed by atoms with van der Waals surface area (Å²) in [4.78, 5) is 2.90. The Bertz CT molecular complexity index is 438. The van der Waals surface area contributed by atoms with Crippen molar-refractivity contribution in [3.8, 4) is 0 Å². The molecule has 1 aromatic rings. The molecular weight excluding hydrogens is 212 g/mol. The Hall–Kier alpha value is -0.820. The Balaban J connectivity index is 2.32. The molecule has 0 unspecified atom stereocenters. The molecule has 1 aliphatic carbocycles. The van der Waals surface area contributed by atoms with Gasteiger partial charge in [-0.15, -0.1) is 11.3 Å². The third-order valence-corrected chi connectivity index (χ3v) is 4.55. The van der Waals surface area contributed by atoms with Crippen molar-refractivity contribution in [3.63, 3.8) is 0 Å². The molecule has 0 saturated carbocycles. The second kappa shape index (κ2) is 4.21. The van der Waals surface area contributed by atoms with Crippen LogP contribution in [0.1, 0.15) is 50.3 Å². The van der Waals surface area contributed by atoms with Crippen LogP contribution in [-0.2, 0) is 5.41 Å². The Morgan fingerprint density at radius 2 is 1.75 bits per heavy atom. The van der Waals surface area contributed by atoms with Gasteiger partial charge in [0, 0.05) is 9.75 Å². The highest BCUT2D eigenvalue weighted by atomic mass is 32.1. The predicted octanol–water partition coefficient (Wildman–Crippen LogP) is 5.17. The number of thiophene rings is 1. The lowest BCUT2D eigenvalue weighted by molar-refractivity contribution is 0.604. The van der Waals surface area contributed by atoms with Crippen molar-refractivity contribution in [1.29, 1.82) is 0 Å². The van der Waals surface area contributed by atoms with Crippen LogP contribution in [0.4, 0.5) is 0 Å². The SMILES string of the molecule is CC1=CCCC=C1c1ccc(C(C)(C)C)s1. The molecule has 0 radical (unpaired) electrons. The minimum Gasteiger partial charge on any atom is -0.140 e. The zero-order valence-corrected chi connectivity index (χ0v) is 11.4. The van der Waals surface area contributed by atoms with Crippen LogP contribution in [0.5, 0.6) is 0 Å². The summed E-state index contributed by atoms with van der Waals surface area (Å²) in [6.07, 6.45) is 7.13. The van der Waals surface area contributed by atoms with Crippen molar-refractivity contribution in [2.75, 3.05) is 0 Å². The Kier molecular flexibility index (Phi) is 3.07. The molecule has 0 fully saturated rings. The van der Waals surface area contributed by atoms with Gasteiger partial charge < -0.3 is 0 Å². The number of hydrogen-bond acceptors (Lipinski definition) is 1. The normalized spacial score (nSPS) is 17.0. The summed E-state index contributed by atoms with van der Waals surface area (Å²) in [5.41, 5.74) is 3.16. The van der Waals surface area contributed by atoms with E-state index in [1.165, 1.54) is 33.7 Å². The number of allylic oxidation sites excluding steroid dienone is 4. The third kappa shape index (κ3) is 2.30. The maximum absolute atomic E-state index is 2.38. The molecule has 1 aromatic heterocycles. The van der Waals surface area contributed by atoms with Crippen LogP contribution in [0.3, 0.4) is 0 Å². The van der Waals surface area contributed by atoms with Crippen molar-refractivity contribution >= 4 is 16.9 Å². The zero-order valence-electron chi connectivity index (χ0n) is 10.6. The van der Waals surface area contributed by atoms with Crippen molar-refractivity contribution in [2.24, 2.45) is 0 Å². The van der Waals surface area contributed by atoms with E-state index >= 15 is 0 Å². The van der Waals surface area contributed by atoms with E-state index in [-0.39, 0.29) is 5.41 Å². The largest absolute Gasteiger partial charge is 0.140 e. The second-order valence-corrected chi connectivity index (χ2v) is 6.58. The van der Waals surface area contributed by atoms with Gasteiger partial charge in [-0.2, -0.15) is 0 Å². The standard InChI is InChI=1S/C15H20S/c1-11-7-5-6-8-12(11)13-9-10-14(16-13)15(2,3)4/h7-10H,5-6H2,1-4H3. The fourth-order valence-electron chi connectivity index (χ4n) is 1.98. The average molecular weight is 232 g/mol. The summed E-state index contributed by atoms with van der Waals surface area (Å²) in [5, 5.41) is 0. The summed E-state index contributed by atoms with van der Waals surface area (Å²) in [5.74, 6) is 0. The first-order chi connectivity index (χ1) is 7.48. The molecule has 16 heavy (non-hydrogen) atoms. The summed E-state index contributed by atoms with van der Waals surface area (Å²) in [6.45, 7) is 9.06. The fourth-order valence-corrected chi connectivity index (χ4v) is 3.15. The lowest BCUT2D eigenvalue weighted by atomic mass is 9.94. The van der Waals surface area contributed by atoms with Gasteiger partial charge in [0.2, 0.25) is 0 Å². The van der Waals surface area contributed by atoms with Gasteiger partial charge in [-0.05, 0) is 48.5 Å². The molecule has 0 aromatic carbocycles. The smallest absolute Gasteiger partial charge is 0.0345 e. The highest BCUT2D eigenvalue weighted by molar-refractivity contribution is 7.13. The van der Waals surface area contributed by atoms with Gasteiger partial charge in [0.05, 0.1) is 0 Å². The monoisotopic (exact) mass is 232 g/mol. The minimum absolute atomic E-state index is 0.274. The summed E-state index contributed by atoms with van der Waals surface area (Å²) in [6, 6.07) is 4.56. The van der Waals surface area contributed by atoms with E-state index < -0.39 is 0 Å². The van der Waals surface area contributed by atoms with E-state index in [2.05, 4.69) is 52.0 Å². The van der Waals surface area contributed by atoms with Crippen molar-refractivity contribution < 1.29 is 0 Å². The first-order valence-electron chi connectivity index (χ1n) is 5.96. The molecule has 1 heterocycles. The Morgan fingerprint density at radius 3 is 2.31 bits per heavy atom. The van der Waals surface area contributed by atoms with Crippen LogP contribution in [0.15, 0.2) is 29.9 Å². The molecule has 0 atom stereocenters. The molecular formula is C15H20S. The van der Waals surface area contributed by atoms with E-state index in [0.717, 1.165) is 0 Å². The molecule has 1 heteroatoms. The van der Waals surface area contributed by atoms with Crippen molar-refractivity contribution in [2.45, 2.75) is 46.0 Å². The quantitative estimate of drug-likeness (QED) is 0.626.